The molecule has 1 rings (SSSR count). The number of unbranched alkanes of at least 4 members (excludes halogenated alkanes) is 1. The number of Topliss-reactive ketones (excluding diaryl/α,β-unsaturated/α-hetero) is 1. The lowest BCUT2D eigenvalue weighted by molar-refractivity contribution is -0.144. The minimum absolute atomic E-state index is 0.0182. The predicted molar refractivity (Wildman–Crippen MR) is 187 cm³/mol. The molecule has 296 valence electrons. The predicted octanol–water partition coefficient (Wildman–Crippen LogP) is 1.37. The molecule has 0 saturated heterocycles. The summed E-state index contributed by atoms with van der Waals surface area (Å²) >= 11 is 0. The Balaban J connectivity index is 2.08. The molecule has 1 heterocycles. The lowest BCUT2D eigenvalue weighted by Crippen LogP contribution is -2.45. The fourth-order valence-corrected chi connectivity index (χ4v) is 4.71. The maximum absolute atomic E-state index is 13.0. The highest BCUT2D eigenvalue weighted by molar-refractivity contribution is 6.13. The van der Waals surface area contributed by atoms with Crippen molar-refractivity contribution in [3.05, 3.63) is 12.2 Å². The summed E-state index contributed by atoms with van der Waals surface area (Å²) in [6.07, 6.45) is 2.90. The third kappa shape index (κ3) is 22.1. The van der Waals surface area contributed by atoms with Gasteiger partial charge in [0.2, 0.25) is 11.8 Å². The number of hydrogen-bond donors (Lipinski definition) is 4. The first-order valence-corrected chi connectivity index (χ1v) is 17.7. The Hall–Kier alpha value is -3.93. The van der Waals surface area contributed by atoms with E-state index in [0.29, 0.717) is 52.4 Å². The fourth-order valence-electron chi connectivity index (χ4n) is 4.71. The van der Waals surface area contributed by atoms with Gasteiger partial charge < -0.3 is 44.7 Å². The summed E-state index contributed by atoms with van der Waals surface area (Å²) in [7, 11) is 0. The molecule has 17 nitrogen and oxygen atoms in total. The average molecular weight is 743 g/mol. The van der Waals surface area contributed by atoms with Gasteiger partial charge in [0.1, 0.15) is 5.60 Å². The van der Waals surface area contributed by atoms with Crippen molar-refractivity contribution in [2.45, 2.75) is 84.8 Å². The van der Waals surface area contributed by atoms with E-state index >= 15 is 0 Å². The molecule has 2 atom stereocenters. The molecule has 5 amide bonds. The Morgan fingerprint density at radius 2 is 1.31 bits per heavy atom. The van der Waals surface area contributed by atoms with Gasteiger partial charge in [0.25, 0.3) is 11.8 Å². The summed E-state index contributed by atoms with van der Waals surface area (Å²) in [6.45, 7) is 11.7. The van der Waals surface area contributed by atoms with E-state index in [-0.39, 0.29) is 82.1 Å². The lowest BCUT2D eigenvalue weighted by Gasteiger charge is -2.23. The van der Waals surface area contributed by atoms with Gasteiger partial charge in [-0.25, -0.2) is 4.79 Å². The summed E-state index contributed by atoms with van der Waals surface area (Å²) in [6, 6.07) is -0.825. The number of carbonyl (C=O) groups excluding carboxylic acids is 6. The van der Waals surface area contributed by atoms with Gasteiger partial charge in [-0.15, -0.1) is 0 Å². The van der Waals surface area contributed by atoms with Gasteiger partial charge in [-0.05, 0) is 39.5 Å². The Kier molecular flexibility index (Phi) is 23.0. The van der Waals surface area contributed by atoms with Gasteiger partial charge in [-0.1, -0.05) is 20.3 Å². The number of rotatable bonds is 29. The van der Waals surface area contributed by atoms with E-state index < -0.39 is 41.4 Å². The number of aliphatic carboxylic acids is 1. The van der Waals surface area contributed by atoms with E-state index in [2.05, 4.69) is 16.0 Å². The Morgan fingerprint density at radius 3 is 1.85 bits per heavy atom. The van der Waals surface area contributed by atoms with Crippen molar-refractivity contribution in [1.82, 2.24) is 20.9 Å². The lowest BCUT2D eigenvalue weighted by atomic mass is 9.89. The average Bonchev–Trinajstić information content (AvgIpc) is 3.38. The van der Waals surface area contributed by atoms with Crippen molar-refractivity contribution in [2.75, 3.05) is 72.5 Å². The smallest absolute Gasteiger partial charge is 0.407 e. The SMILES string of the molecule is CC(C)[C@H](NC(=O)CCOCCOCCOCCOCCNC(=O)CCN1C(=O)C=CC1=O)C(=O)C[C@@H](CCCCNC(=O)OC(C)(C)C)C(=O)O. The normalized spacial score (nSPS) is 14.0. The number of ether oxygens (including phenoxy) is 5. The van der Waals surface area contributed by atoms with Crippen LogP contribution < -0.4 is 16.0 Å². The molecular formula is C35H58N4O13. The van der Waals surface area contributed by atoms with Crippen LogP contribution in [0.4, 0.5) is 4.79 Å². The standard InChI is InChI=1S/C35H58N4O13/c1-25(2)32(27(40)24-26(33(45)46)8-6-7-13-37-34(47)52-35(3,4)5)38-29(42)12-16-48-18-20-50-22-23-51-21-19-49-17-14-36-28(41)11-15-39-30(43)9-10-31(39)44/h9-10,25-26,32H,6-8,11-24H2,1-5H3,(H,36,41)(H,37,47)(H,38,42)(H,45,46)/t26-,32+/m1/s1. The van der Waals surface area contributed by atoms with Crippen molar-refractivity contribution in [3.63, 3.8) is 0 Å². The van der Waals surface area contributed by atoms with E-state index in [0.717, 1.165) is 4.90 Å². The van der Waals surface area contributed by atoms with Crippen LogP contribution in [0.1, 0.15) is 73.1 Å². The van der Waals surface area contributed by atoms with Gasteiger partial charge in [-0.2, -0.15) is 0 Å². The Labute approximate surface area is 305 Å². The maximum Gasteiger partial charge on any atom is 0.407 e. The van der Waals surface area contributed by atoms with Crippen LogP contribution in [0.2, 0.25) is 0 Å². The highest BCUT2D eigenvalue weighted by atomic mass is 16.6. The maximum atomic E-state index is 13.0. The van der Waals surface area contributed by atoms with Crippen LogP contribution in [0.5, 0.6) is 0 Å². The zero-order chi connectivity index (χ0) is 38.9. The number of imide groups is 1. The molecule has 0 fully saturated rings. The third-order valence-corrected chi connectivity index (χ3v) is 7.40. The molecule has 0 aromatic carbocycles. The number of carbonyl (C=O) groups is 7. The molecule has 0 aromatic heterocycles. The summed E-state index contributed by atoms with van der Waals surface area (Å²) in [5.74, 6) is -4.09. The number of ketones is 1. The zero-order valence-electron chi connectivity index (χ0n) is 31.2. The number of carboxylic acid groups (broad SMARTS) is 1. The molecule has 0 spiro atoms. The molecule has 1 aliphatic rings. The fraction of sp³-hybridized carbons (Fsp3) is 0.743. The number of hydrogen-bond acceptors (Lipinski definition) is 12. The van der Waals surface area contributed by atoms with Gasteiger partial charge >= 0.3 is 12.1 Å². The van der Waals surface area contributed by atoms with Crippen LogP contribution >= 0.6 is 0 Å². The van der Waals surface area contributed by atoms with E-state index in [1.165, 1.54) is 12.2 Å². The highest BCUT2D eigenvalue weighted by Gasteiger charge is 2.29. The molecule has 0 bridgehead atoms. The van der Waals surface area contributed by atoms with Crippen molar-refractivity contribution in [2.24, 2.45) is 11.8 Å². The van der Waals surface area contributed by atoms with Gasteiger partial charge in [0, 0.05) is 51.0 Å². The number of alkyl carbamates (subject to hydrolysis) is 1. The zero-order valence-corrected chi connectivity index (χ0v) is 31.2. The van der Waals surface area contributed by atoms with Crippen molar-refractivity contribution in [1.29, 1.82) is 0 Å². The molecule has 17 heteroatoms. The van der Waals surface area contributed by atoms with E-state index in [9.17, 15) is 38.7 Å². The molecular weight excluding hydrogens is 684 g/mol. The number of nitrogens with zero attached hydrogens (tertiary/aromatic N) is 1. The molecule has 1 aliphatic heterocycles. The van der Waals surface area contributed by atoms with E-state index in [4.69, 9.17) is 23.7 Å². The van der Waals surface area contributed by atoms with Crippen LogP contribution in [0.15, 0.2) is 12.2 Å². The summed E-state index contributed by atoms with van der Waals surface area (Å²) in [5, 5.41) is 17.6. The van der Waals surface area contributed by atoms with Crippen molar-refractivity contribution < 1.29 is 62.4 Å². The molecule has 4 N–H and O–H groups in total. The second-order valence-electron chi connectivity index (χ2n) is 13.4. The molecule has 0 aliphatic carbocycles. The van der Waals surface area contributed by atoms with Crippen molar-refractivity contribution in [3.8, 4) is 0 Å². The monoisotopic (exact) mass is 742 g/mol. The van der Waals surface area contributed by atoms with Gasteiger partial charge in [-0.3, -0.25) is 33.7 Å². The molecule has 0 saturated carbocycles. The molecule has 0 aromatic rings. The van der Waals surface area contributed by atoms with Crippen molar-refractivity contribution >= 4 is 41.5 Å². The Bertz CT molecular complexity index is 1170. The van der Waals surface area contributed by atoms with Crippen LogP contribution in [-0.4, -0.2) is 136 Å². The summed E-state index contributed by atoms with van der Waals surface area (Å²) in [5.41, 5.74) is -0.614. The third-order valence-electron chi connectivity index (χ3n) is 7.40. The second-order valence-corrected chi connectivity index (χ2v) is 13.4. The largest absolute Gasteiger partial charge is 0.481 e. The van der Waals surface area contributed by atoms with E-state index in [1.54, 1.807) is 34.6 Å². The first-order chi connectivity index (χ1) is 24.6. The van der Waals surface area contributed by atoms with Gasteiger partial charge in [0.05, 0.1) is 64.8 Å². The molecule has 0 radical (unpaired) electrons. The minimum atomic E-state index is -1.08. The van der Waals surface area contributed by atoms with Gasteiger partial charge in [0.15, 0.2) is 5.78 Å². The summed E-state index contributed by atoms with van der Waals surface area (Å²) in [4.78, 5) is 84.8. The topological polar surface area (TPSA) is 225 Å². The number of nitrogens with one attached hydrogen (secondary N) is 3. The van der Waals surface area contributed by atoms with Crippen LogP contribution in [0, 0.1) is 11.8 Å². The second kappa shape index (κ2) is 25.9. The van der Waals surface area contributed by atoms with E-state index in [1.807, 2.05) is 0 Å². The van der Waals surface area contributed by atoms with Crippen LogP contribution in [0.3, 0.4) is 0 Å². The quantitative estimate of drug-likeness (QED) is 0.0629. The van der Waals surface area contributed by atoms with Crippen LogP contribution in [0.25, 0.3) is 0 Å². The summed E-state index contributed by atoms with van der Waals surface area (Å²) < 4.78 is 26.8. The highest BCUT2D eigenvalue weighted by Crippen LogP contribution is 2.17. The molecule has 0 unspecified atom stereocenters. The first kappa shape index (κ1) is 46.1. The number of carboxylic acids is 1. The Morgan fingerprint density at radius 1 is 0.750 bits per heavy atom. The van der Waals surface area contributed by atoms with Crippen LogP contribution in [-0.2, 0) is 52.5 Å². The molecule has 52 heavy (non-hydrogen) atoms. The minimum Gasteiger partial charge on any atom is -0.481 e. The number of amides is 5. The first-order valence-electron chi connectivity index (χ1n) is 17.7.